The lowest BCUT2D eigenvalue weighted by molar-refractivity contribution is -0.126. The van der Waals surface area contributed by atoms with Gasteiger partial charge >= 0.3 is 0 Å². The summed E-state index contributed by atoms with van der Waals surface area (Å²) in [5, 5.41) is 3.68. The molecule has 6 heteroatoms. The molecule has 4 rings (SSSR count). The van der Waals surface area contributed by atoms with Gasteiger partial charge in [0, 0.05) is 36.8 Å². The fraction of sp³-hybridized carbons (Fsp3) is 0.462. The van der Waals surface area contributed by atoms with E-state index in [2.05, 4.69) is 34.5 Å². The molecule has 170 valence electrons. The second kappa shape index (κ2) is 11.0. The van der Waals surface area contributed by atoms with Crippen LogP contribution >= 0.6 is 11.6 Å². The van der Waals surface area contributed by atoms with Crippen molar-refractivity contribution in [2.24, 2.45) is 5.92 Å². The van der Waals surface area contributed by atoms with Crippen molar-refractivity contribution in [1.29, 1.82) is 0 Å². The molecule has 5 nitrogen and oxygen atoms in total. The van der Waals surface area contributed by atoms with Gasteiger partial charge in [0.05, 0.1) is 5.92 Å². The van der Waals surface area contributed by atoms with E-state index in [9.17, 15) is 9.59 Å². The van der Waals surface area contributed by atoms with Gasteiger partial charge in [-0.2, -0.15) is 0 Å². The third-order valence-electron chi connectivity index (χ3n) is 6.52. The van der Waals surface area contributed by atoms with Crippen LogP contribution in [-0.2, 0) is 17.9 Å². The van der Waals surface area contributed by atoms with Gasteiger partial charge in [0.15, 0.2) is 0 Å². The van der Waals surface area contributed by atoms with Gasteiger partial charge in [-0.15, -0.1) is 0 Å². The average Bonchev–Trinajstić information content (AvgIpc) is 2.84. The summed E-state index contributed by atoms with van der Waals surface area (Å²) in [4.78, 5) is 29.9. The van der Waals surface area contributed by atoms with E-state index in [0.29, 0.717) is 30.2 Å². The lowest BCUT2D eigenvalue weighted by Crippen LogP contribution is -2.45. The van der Waals surface area contributed by atoms with Crippen LogP contribution in [0.4, 0.5) is 0 Å². The molecule has 0 aromatic heterocycles. The zero-order chi connectivity index (χ0) is 22.3. The summed E-state index contributed by atoms with van der Waals surface area (Å²) in [5.41, 5.74) is 3.04. The first-order valence-corrected chi connectivity index (χ1v) is 12.1. The smallest absolute Gasteiger partial charge is 0.253 e. The van der Waals surface area contributed by atoms with E-state index >= 15 is 0 Å². The van der Waals surface area contributed by atoms with E-state index in [1.807, 2.05) is 0 Å². The highest BCUT2D eigenvalue weighted by Crippen LogP contribution is 2.20. The number of amides is 2. The number of halogens is 1. The Morgan fingerprint density at radius 1 is 0.875 bits per heavy atom. The van der Waals surface area contributed by atoms with Crippen LogP contribution in [0.15, 0.2) is 48.5 Å². The highest BCUT2D eigenvalue weighted by atomic mass is 35.5. The van der Waals surface area contributed by atoms with Crippen molar-refractivity contribution in [3.63, 3.8) is 0 Å². The van der Waals surface area contributed by atoms with Gasteiger partial charge in [0.2, 0.25) is 5.91 Å². The number of carbonyl (C=O) groups excluding carboxylic acids is 2. The first kappa shape index (κ1) is 22.8. The summed E-state index contributed by atoms with van der Waals surface area (Å²) >= 11 is 5.92. The van der Waals surface area contributed by atoms with Crippen molar-refractivity contribution in [2.75, 3.05) is 26.2 Å². The molecule has 1 unspecified atom stereocenters. The highest BCUT2D eigenvalue weighted by Gasteiger charge is 2.28. The number of hydrogen-bond acceptors (Lipinski definition) is 3. The Labute approximate surface area is 195 Å². The quantitative estimate of drug-likeness (QED) is 0.700. The van der Waals surface area contributed by atoms with Gasteiger partial charge in [-0.05, 0) is 74.2 Å². The predicted octanol–water partition coefficient (Wildman–Crippen LogP) is 4.49. The number of nitrogens with one attached hydrogen (secondary N) is 1. The largest absolute Gasteiger partial charge is 0.352 e. The summed E-state index contributed by atoms with van der Waals surface area (Å²) in [7, 11) is 0. The number of carbonyl (C=O) groups is 2. The fourth-order valence-electron chi connectivity index (χ4n) is 4.62. The molecule has 1 N–H and O–H groups in total. The van der Waals surface area contributed by atoms with Gasteiger partial charge in [-0.3, -0.25) is 14.5 Å². The van der Waals surface area contributed by atoms with E-state index in [1.165, 1.54) is 37.9 Å². The number of hydrogen-bond donors (Lipinski definition) is 1. The molecule has 2 fully saturated rings. The molecule has 0 aliphatic carbocycles. The summed E-state index contributed by atoms with van der Waals surface area (Å²) in [6.45, 7) is 5.05. The van der Waals surface area contributed by atoms with Crippen LogP contribution in [0.3, 0.4) is 0 Å². The molecule has 2 aliphatic rings. The predicted molar refractivity (Wildman–Crippen MR) is 127 cm³/mol. The number of rotatable bonds is 6. The second-order valence-electron chi connectivity index (χ2n) is 8.97. The van der Waals surface area contributed by atoms with Gasteiger partial charge in [0.1, 0.15) is 0 Å². The normalized spacial score (nSPS) is 19.5. The molecule has 0 spiro atoms. The molecule has 2 aromatic carbocycles. The lowest BCUT2D eigenvalue weighted by atomic mass is 9.96. The van der Waals surface area contributed by atoms with Crippen LogP contribution < -0.4 is 5.32 Å². The molecule has 32 heavy (non-hydrogen) atoms. The molecule has 2 aliphatic heterocycles. The Kier molecular flexibility index (Phi) is 7.82. The van der Waals surface area contributed by atoms with E-state index in [1.54, 1.807) is 29.2 Å². The van der Waals surface area contributed by atoms with Crippen molar-refractivity contribution in [3.8, 4) is 0 Å². The summed E-state index contributed by atoms with van der Waals surface area (Å²) in [5.74, 6) is -0.183. The Hall–Kier alpha value is -2.37. The molecule has 2 heterocycles. The summed E-state index contributed by atoms with van der Waals surface area (Å²) < 4.78 is 0. The summed E-state index contributed by atoms with van der Waals surface area (Å²) in [6, 6.07) is 15.5. The fourth-order valence-corrected chi connectivity index (χ4v) is 4.75. The first-order valence-electron chi connectivity index (χ1n) is 11.7. The van der Waals surface area contributed by atoms with Crippen molar-refractivity contribution in [3.05, 3.63) is 70.2 Å². The van der Waals surface area contributed by atoms with Crippen LogP contribution in [0.25, 0.3) is 0 Å². The van der Waals surface area contributed by atoms with E-state index in [-0.39, 0.29) is 17.7 Å². The minimum absolute atomic E-state index is 0.0241. The molecule has 2 saturated heterocycles. The van der Waals surface area contributed by atoms with E-state index < -0.39 is 0 Å². The number of piperidine rings is 2. The number of nitrogens with zero attached hydrogens (tertiary/aromatic N) is 2. The van der Waals surface area contributed by atoms with E-state index in [0.717, 1.165) is 24.9 Å². The topological polar surface area (TPSA) is 52.7 Å². The van der Waals surface area contributed by atoms with Crippen LogP contribution in [0.1, 0.15) is 53.6 Å². The Balaban J connectivity index is 1.26. The zero-order valence-electron chi connectivity index (χ0n) is 18.6. The monoisotopic (exact) mass is 453 g/mol. The van der Waals surface area contributed by atoms with Crippen molar-refractivity contribution in [1.82, 2.24) is 15.1 Å². The zero-order valence-corrected chi connectivity index (χ0v) is 19.3. The minimum Gasteiger partial charge on any atom is -0.352 e. The Bertz CT molecular complexity index is 908. The SMILES string of the molecule is O=C(NCc1ccc(CN2CCCCC2)cc1)C1CCCN(C(=O)c2ccc(Cl)cc2)C1. The average molecular weight is 454 g/mol. The van der Waals surface area contributed by atoms with Crippen molar-refractivity contribution < 1.29 is 9.59 Å². The maximum atomic E-state index is 12.8. The third kappa shape index (κ3) is 6.11. The molecule has 0 radical (unpaired) electrons. The standard InChI is InChI=1S/C26H32ClN3O2/c27-24-12-10-22(11-13-24)26(32)30-16-4-5-23(19-30)25(31)28-17-20-6-8-21(9-7-20)18-29-14-2-1-3-15-29/h6-13,23H,1-5,14-19H2,(H,28,31). The summed E-state index contributed by atoms with van der Waals surface area (Å²) in [6.07, 6.45) is 5.60. The minimum atomic E-state index is -0.168. The van der Waals surface area contributed by atoms with Crippen molar-refractivity contribution >= 4 is 23.4 Å². The third-order valence-corrected chi connectivity index (χ3v) is 6.77. The molecular formula is C26H32ClN3O2. The number of benzene rings is 2. The van der Waals surface area contributed by atoms with Gasteiger partial charge < -0.3 is 10.2 Å². The highest BCUT2D eigenvalue weighted by molar-refractivity contribution is 6.30. The molecular weight excluding hydrogens is 422 g/mol. The van der Waals surface area contributed by atoms with Crippen LogP contribution in [0.5, 0.6) is 0 Å². The molecule has 1 atom stereocenters. The van der Waals surface area contributed by atoms with Crippen LogP contribution in [0.2, 0.25) is 5.02 Å². The maximum Gasteiger partial charge on any atom is 0.253 e. The Morgan fingerprint density at radius 2 is 1.56 bits per heavy atom. The molecule has 2 aromatic rings. The molecule has 0 bridgehead atoms. The van der Waals surface area contributed by atoms with Crippen LogP contribution in [-0.4, -0.2) is 47.8 Å². The number of likely N-dealkylation sites (tertiary alicyclic amines) is 2. The molecule has 0 saturated carbocycles. The molecule has 2 amide bonds. The van der Waals surface area contributed by atoms with Crippen molar-refractivity contribution in [2.45, 2.75) is 45.2 Å². The van der Waals surface area contributed by atoms with Crippen LogP contribution in [0, 0.1) is 5.92 Å². The Morgan fingerprint density at radius 3 is 2.28 bits per heavy atom. The second-order valence-corrected chi connectivity index (χ2v) is 9.40. The first-order chi connectivity index (χ1) is 15.6. The van der Waals surface area contributed by atoms with Gasteiger partial charge in [-0.25, -0.2) is 0 Å². The maximum absolute atomic E-state index is 12.8. The lowest BCUT2D eigenvalue weighted by Gasteiger charge is -2.32. The van der Waals surface area contributed by atoms with E-state index in [4.69, 9.17) is 11.6 Å². The van der Waals surface area contributed by atoms with Gasteiger partial charge in [0.25, 0.3) is 5.91 Å². The van der Waals surface area contributed by atoms with Gasteiger partial charge in [-0.1, -0.05) is 42.3 Å².